The Morgan fingerprint density at radius 2 is 1.79 bits per heavy atom. The van der Waals surface area contributed by atoms with Crippen molar-refractivity contribution < 1.29 is 23.3 Å². The van der Waals surface area contributed by atoms with E-state index in [-0.39, 0.29) is 46.5 Å². The first kappa shape index (κ1) is 21.3. The molecule has 2 aliphatic heterocycles. The van der Waals surface area contributed by atoms with Crippen molar-refractivity contribution >= 4 is 23.2 Å². The first-order valence-electron chi connectivity index (χ1n) is 9.82. The van der Waals surface area contributed by atoms with Gasteiger partial charge in [-0.3, -0.25) is 0 Å². The summed E-state index contributed by atoms with van der Waals surface area (Å²) < 4.78 is 35.8. The molecular formula is C24H15Cl2FN2O4. The number of fused-ring (bicyclic) bond motifs is 2. The standard InChI is InChI=1S/C24H15Cl2FN2O4/c25-17-5-13(6-18(26)23(17)30-10-12-2-1-3-14(27)4-12)22-15-7-20-21(32-11-31-20)8-19(15)33-24(29)16(22)9-28/h1-8,22H,10-11,29H2/t22-/m1/s1. The van der Waals surface area contributed by atoms with E-state index in [1.807, 2.05) is 0 Å². The summed E-state index contributed by atoms with van der Waals surface area (Å²) in [5.41, 5.74) is 8.16. The highest BCUT2D eigenvalue weighted by Gasteiger charge is 2.34. The normalized spacial score (nSPS) is 16.1. The van der Waals surface area contributed by atoms with Gasteiger partial charge < -0.3 is 24.7 Å². The molecule has 166 valence electrons. The van der Waals surface area contributed by atoms with E-state index in [1.165, 1.54) is 12.1 Å². The second-order valence-corrected chi connectivity index (χ2v) is 8.21. The van der Waals surface area contributed by atoms with E-state index in [9.17, 15) is 9.65 Å². The van der Waals surface area contributed by atoms with Gasteiger partial charge in [-0.25, -0.2) is 4.39 Å². The lowest BCUT2D eigenvalue weighted by Crippen LogP contribution is -2.21. The zero-order chi connectivity index (χ0) is 23.1. The summed E-state index contributed by atoms with van der Waals surface area (Å²) in [6.07, 6.45) is 0. The molecule has 2 heterocycles. The third kappa shape index (κ3) is 3.88. The average molecular weight is 485 g/mol. The first-order valence-corrected chi connectivity index (χ1v) is 10.6. The van der Waals surface area contributed by atoms with Gasteiger partial charge in [0, 0.05) is 11.6 Å². The molecule has 6 nitrogen and oxygen atoms in total. The Balaban J connectivity index is 1.53. The van der Waals surface area contributed by atoms with Gasteiger partial charge in [0.25, 0.3) is 0 Å². The third-order valence-corrected chi connectivity index (χ3v) is 5.90. The van der Waals surface area contributed by atoms with Crippen LogP contribution in [-0.2, 0) is 6.61 Å². The van der Waals surface area contributed by atoms with E-state index in [0.717, 1.165) is 0 Å². The largest absolute Gasteiger partial charge is 0.486 e. The van der Waals surface area contributed by atoms with Crippen molar-refractivity contribution in [2.75, 3.05) is 6.79 Å². The minimum atomic E-state index is -0.597. The number of rotatable bonds is 4. The summed E-state index contributed by atoms with van der Waals surface area (Å²) in [5, 5.41) is 10.3. The molecule has 3 aromatic carbocycles. The molecule has 0 radical (unpaired) electrons. The Morgan fingerprint density at radius 1 is 1.06 bits per heavy atom. The van der Waals surface area contributed by atoms with E-state index in [4.69, 9.17) is 47.9 Å². The number of ether oxygens (including phenoxy) is 4. The van der Waals surface area contributed by atoms with Gasteiger partial charge in [0.1, 0.15) is 29.8 Å². The highest BCUT2D eigenvalue weighted by molar-refractivity contribution is 6.37. The number of hydrogen-bond donors (Lipinski definition) is 1. The fourth-order valence-electron chi connectivity index (χ4n) is 3.86. The molecule has 2 N–H and O–H groups in total. The highest BCUT2D eigenvalue weighted by atomic mass is 35.5. The number of benzene rings is 3. The van der Waals surface area contributed by atoms with Crippen LogP contribution in [0.2, 0.25) is 10.0 Å². The SMILES string of the molecule is N#CC1=C(N)Oc2cc3c(cc2[C@H]1c1cc(Cl)c(OCc2cccc(F)c2)c(Cl)c1)OCO3. The minimum Gasteiger partial charge on any atom is -0.486 e. The maximum Gasteiger partial charge on any atom is 0.231 e. The quantitative estimate of drug-likeness (QED) is 0.514. The van der Waals surface area contributed by atoms with Crippen molar-refractivity contribution in [1.29, 1.82) is 5.26 Å². The molecule has 0 amide bonds. The van der Waals surface area contributed by atoms with Gasteiger partial charge in [0.15, 0.2) is 17.2 Å². The molecule has 3 aromatic rings. The number of halogens is 3. The van der Waals surface area contributed by atoms with Crippen LogP contribution in [-0.4, -0.2) is 6.79 Å². The molecule has 0 aliphatic carbocycles. The van der Waals surface area contributed by atoms with Crippen LogP contribution in [0.25, 0.3) is 0 Å². The Kier molecular flexibility index (Phi) is 5.41. The summed E-state index contributed by atoms with van der Waals surface area (Å²) in [4.78, 5) is 0. The topological polar surface area (TPSA) is 86.7 Å². The van der Waals surface area contributed by atoms with Gasteiger partial charge in [-0.05, 0) is 41.5 Å². The summed E-state index contributed by atoms with van der Waals surface area (Å²) in [6.45, 7) is 0.169. The molecule has 9 heteroatoms. The van der Waals surface area contributed by atoms with Crippen molar-refractivity contribution in [2.45, 2.75) is 12.5 Å². The van der Waals surface area contributed by atoms with Crippen molar-refractivity contribution in [2.24, 2.45) is 5.73 Å². The lowest BCUT2D eigenvalue weighted by Gasteiger charge is -2.27. The van der Waals surface area contributed by atoms with E-state index in [0.29, 0.717) is 33.9 Å². The van der Waals surface area contributed by atoms with Gasteiger partial charge in [0.05, 0.1) is 16.0 Å². The third-order valence-electron chi connectivity index (χ3n) is 5.34. The van der Waals surface area contributed by atoms with E-state index < -0.39 is 5.92 Å². The van der Waals surface area contributed by atoms with Crippen molar-refractivity contribution in [3.63, 3.8) is 0 Å². The van der Waals surface area contributed by atoms with Crippen LogP contribution >= 0.6 is 23.2 Å². The average Bonchev–Trinajstić information content (AvgIpc) is 3.23. The van der Waals surface area contributed by atoms with Gasteiger partial charge >= 0.3 is 0 Å². The Labute approximate surface area is 198 Å². The van der Waals surface area contributed by atoms with Crippen LogP contribution in [0.5, 0.6) is 23.0 Å². The first-order chi connectivity index (χ1) is 15.9. The van der Waals surface area contributed by atoms with E-state index in [2.05, 4.69) is 6.07 Å². The number of nitrogens with two attached hydrogens (primary N) is 1. The molecule has 0 fully saturated rings. The van der Waals surface area contributed by atoms with Gasteiger partial charge in [-0.1, -0.05) is 35.3 Å². The molecular weight excluding hydrogens is 470 g/mol. The van der Waals surface area contributed by atoms with Crippen LogP contribution in [0.15, 0.2) is 60.0 Å². The van der Waals surface area contributed by atoms with Crippen molar-refractivity contribution in [3.05, 3.63) is 92.5 Å². The monoisotopic (exact) mass is 484 g/mol. The minimum absolute atomic E-state index is 0.0208. The van der Waals surface area contributed by atoms with Crippen LogP contribution in [0.1, 0.15) is 22.6 Å². The fourth-order valence-corrected chi connectivity index (χ4v) is 4.47. The molecule has 0 saturated carbocycles. The maximum absolute atomic E-state index is 13.4. The second kappa shape index (κ2) is 8.39. The molecule has 0 saturated heterocycles. The summed E-state index contributed by atoms with van der Waals surface area (Å²) in [6, 6.07) is 14.9. The molecule has 0 spiro atoms. The van der Waals surface area contributed by atoms with Crippen molar-refractivity contribution in [3.8, 4) is 29.1 Å². The molecule has 5 rings (SSSR count). The predicted molar refractivity (Wildman–Crippen MR) is 119 cm³/mol. The number of nitrogens with zero attached hydrogens (tertiary/aromatic N) is 1. The van der Waals surface area contributed by atoms with E-state index in [1.54, 1.807) is 36.4 Å². The number of nitriles is 1. The second-order valence-electron chi connectivity index (χ2n) is 7.40. The van der Waals surface area contributed by atoms with Gasteiger partial charge in [-0.2, -0.15) is 5.26 Å². The van der Waals surface area contributed by atoms with Gasteiger partial charge in [-0.15, -0.1) is 0 Å². The fraction of sp³-hybridized carbons (Fsp3) is 0.125. The number of allylic oxidation sites excluding steroid dienone is 1. The van der Waals surface area contributed by atoms with Crippen LogP contribution < -0.4 is 24.7 Å². The summed E-state index contributed by atoms with van der Waals surface area (Å²) in [5.74, 6) is 0.772. The lowest BCUT2D eigenvalue weighted by atomic mass is 9.83. The summed E-state index contributed by atoms with van der Waals surface area (Å²) >= 11 is 13.0. The van der Waals surface area contributed by atoms with Crippen LogP contribution in [0.4, 0.5) is 4.39 Å². The molecule has 0 aromatic heterocycles. The Bertz CT molecular complexity index is 1330. The van der Waals surface area contributed by atoms with Crippen LogP contribution in [0.3, 0.4) is 0 Å². The zero-order valence-corrected chi connectivity index (χ0v) is 18.4. The molecule has 0 bridgehead atoms. The van der Waals surface area contributed by atoms with Gasteiger partial charge in [0.2, 0.25) is 12.7 Å². The lowest BCUT2D eigenvalue weighted by molar-refractivity contribution is 0.174. The van der Waals surface area contributed by atoms with Crippen LogP contribution in [0, 0.1) is 17.1 Å². The molecule has 33 heavy (non-hydrogen) atoms. The zero-order valence-electron chi connectivity index (χ0n) is 16.9. The molecule has 2 aliphatic rings. The smallest absolute Gasteiger partial charge is 0.231 e. The molecule has 0 unspecified atom stereocenters. The molecule has 1 atom stereocenters. The Hall–Kier alpha value is -3.60. The summed E-state index contributed by atoms with van der Waals surface area (Å²) in [7, 11) is 0. The maximum atomic E-state index is 13.4. The van der Waals surface area contributed by atoms with E-state index >= 15 is 0 Å². The number of hydrogen-bond acceptors (Lipinski definition) is 6. The Morgan fingerprint density at radius 3 is 2.48 bits per heavy atom. The van der Waals surface area contributed by atoms with Crippen molar-refractivity contribution in [1.82, 2.24) is 0 Å². The predicted octanol–water partition coefficient (Wildman–Crippen LogP) is 5.66. The highest BCUT2D eigenvalue weighted by Crippen LogP contribution is 2.49.